The fourth-order valence-electron chi connectivity index (χ4n) is 4.02. The van der Waals surface area contributed by atoms with Crippen LogP contribution in [0.1, 0.15) is 18.4 Å². The first kappa shape index (κ1) is 18.1. The van der Waals surface area contributed by atoms with Crippen molar-refractivity contribution in [1.29, 1.82) is 0 Å². The van der Waals surface area contributed by atoms with E-state index in [1.165, 1.54) is 28.1 Å². The van der Waals surface area contributed by atoms with Gasteiger partial charge in [-0.2, -0.15) is 0 Å². The van der Waals surface area contributed by atoms with Crippen molar-refractivity contribution in [2.24, 2.45) is 5.90 Å². The average Bonchev–Trinajstić information content (AvgIpc) is 2.68. The fourth-order valence-corrected chi connectivity index (χ4v) is 4.21. The number of nitrogens with one attached hydrogen (secondary N) is 1. The molecule has 0 atom stereocenters. The molecule has 1 aliphatic carbocycles. The number of allylic oxidation sites excluding steroid dienone is 5. The lowest BCUT2D eigenvalue weighted by molar-refractivity contribution is 0.162. The molecule has 0 saturated carbocycles. The molecule has 0 aromatic heterocycles. The number of likely N-dealkylation sites (N-methyl/N-ethyl adjacent to an activating group) is 1. The second kappa shape index (κ2) is 7.77. The Morgan fingerprint density at radius 1 is 1.26 bits per heavy atom. The van der Waals surface area contributed by atoms with Gasteiger partial charge in [0, 0.05) is 36.4 Å². The van der Waals surface area contributed by atoms with Crippen molar-refractivity contribution in [2.45, 2.75) is 12.8 Å². The normalized spacial score (nSPS) is 19.6. The standard InChI is InChI=1S/C22H24ClN3O/c1-26-11-3-6-19(22(26)16-4-2-5-18(23)12-16)15-7-8-21-20(13-15)17(14-27-24)9-10-25-21/h2-6,9,12-13,25H,7-8,10-11,14,24H2,1H3. The molecule has 2 heterocycles. The minimum atomic E-state index is 0.431. The van der Waals surface area contributed by atoms with Gasteiger partial charge in [-0.3, -0.25) is 4.84 Å². The summed E-state index contributed by atoms with van der Waals surface area (Å²) in [6.45, 7) is 2.15. The van der Waals surface area contributed by atoms with Crippen LogP contribution in [0.3, 0.4) is 0 Å². The van der Waals surface area contributed by atoms with Gasteiger partial charge in [-0.1, -0.05) is 42.0 Å². The van der Waals surface area contributed by atoms with Gasteiger partial charge >= 0.3 is 0 Å². The van der Waals surface area contributed by atoms with Gasteiger partial charge in [-0.15, -0.1) is 0 Å². The second-order valence-corrected chi connectivity index (χ2v) is 7.48. The zero-order valence-electron chi connectivity index (χ0n) is 15.5. The highest BCUT2D eigenvalue weighted by atomic mass is 35.5. The number of nitrogens with two attached hydrogens (primary N) is 1. The monoisotopic (exact) mass is 381 g/mol. The van der Waals surface area contributed by atoms with Crippen molar-refractivity contribution in [3.8, 4) is 0 Å². The maximum atomic E-state index is 6.27. The van der Waals surface area contributed by atoms with Crippen LogP contribution in [0.15, 0.2) is 76.6 Å². The lowest BCUT2D eigenvalue weighted by Crippen LogP contribution is -2.25. The minimum absolute atomic E-state index is 0.431. The molecule has 3 aliphatic rings. The van der Waals surface area contributed by atoms with Gasteiger partial charge in [0.2, 0.25) is 0 Å². The van der Waals surface area contributed by atoms with Crippen molar-refractivity contribution < 1.29 is 4.84 Å². The van der Waals surface area contributed by atoms with E-state index in [4.69, 9.17) is 22.3 Å². The molecule has 27 heavy (non-hydrogen) atoms. The van der Waals surface area contributed by atoms with Crippen LogP contribution in [0.25, 0.3) is 5.70 Å². The Bertz CT molecular complexity index is 908. The predicted molar refractivity (Wildman–Crippen MR) is 111 cm³/mol. The number of hydrogen-bond acceptors (Lipinski definition) is 4. The van der Waals surface area contributed by atoms with Crippen molar-refractivity contribution in [3.63, 3.8) is 0 Å². The van der Waals surface area contributed by atoms with Gasteiger partial charge in [0.15, 0.2) is 0 Å². The van der Waals surface area contributed by atoms with Gasteiger partial charge in [-0.25, -0.2) is 5.90 Å². The van der Waals surface area contributed by atoms with E-state index in [0.29, 0.717) is 6.61 Å². The number of hydrogen-bond donors (Lipinski definition) is 2. The summed E-state index contributed by atoms with van der Waals surface area (Å²) in [5.74, 6) is 5.34. The highest BCUT2D eigenvalue weighted by Gasteiger charge is 2.24. The van der Waals surface area contributed by atoms with Crippen molar-refractivity contribution in [1.82, 2.24) is 10.2 Å². The van der Waals surface area contributed by atoms with Crippen molar-refractivity contribution in [3.05, 3.63) is 87.1 Å². The third-order valence-electron chi connectivity index (χ3n) is 5.28. The zero-order chi connectivity index (χ0) is 18.8. The van der Waals surface area contributed by atoms with Crippen molar-refractivity contribution >= 4 is 17.3 Å². The molecular formula is C22H24ClN3O. The number of benzene rings is 1. The summed E-state index contributed by atoms with van der Waals surface area (Å²) in [5.41, 5.74) is 8.61. The number of dihydropyridines is 1. The van der Waals surface area contributed by atoms with Crippen LogP contribution < -0.4 is 11.2 Å². The zero-order valence-corrected chi connectivity index (χ0v) is 16.2. The smallest absolute Gasteiger partial charge is 0.0934 e. The molecule has 1 aromatic rings. The first-order valence-electron chi connectivity index (χ1n) is 9.24. The lowest BCUT2D eigenvalue weighted by atomic mass is 9.84. The van der Waals surface area contributed by atoms with E-state index >= 15 is 0 Å². The van der Waals surface area contributed by atoms with E-state index in [-0.39, 0.29) is 0 Å². The Balaban J connectivity index is 1.80. The second-order valence-electron chi connectivity index (χ2n) is 7.04. The lowest BCUT2D eigenvalue weighted by Gasteiger charge is -2.31. The Morgan fingerprint density at radius 3 is 2.96 bits per heavy atom. The Hall–Kier alpha value is -2.27. The molecule has 0 amide bonds. The molecule has 0 fully saturated rings. The Morgan fingerprint density at radius 2 is 2.15 bits per heavy atom. The molecule has 0 saturated heterocycles. The molecule has 5 heteroatoms. The van der Waals surface area contributed by atoms with Crippen molar-refractivity contribution in [2.75, 3.05) is 26.7 Å². The quantitative estimate of drug-likeness (QED) is 0.775. The molecular weight excluding hydrogens is 358 g/mol. The maximum absolute atomic E-state index is 6.27. The molecule has 0 radical (unpaired) electrons. The van der Waals surface area contributed by atoms with Gasteiger partial charge in [0.05, 0.1) is 12.3 Å². The molecule has 0 spiro atoms. The first-order chi connectivity index (χ1) is 13.2. The predicted octanol–water partition coefficient (Wildman–Crippen LogP) is 3.95. The minimum Gasteiger partial charge on any atom is -0.384 e. The summed E-state index contributed by atoms with van der Waals surface area (Å²) in [6, 6.07) is 8.09. The summed E-state index contributed by atoms with van der Waals surface area (Å²) in [6.07, 6.45) is 10.9. The van der Waals surface area contributed by atoms with Gasteiger partial charge in [0.25, 0.3) is 0 Å². The number of nitrogens with zero attached hydrogens (tertiary/aromatic N) is 1. The molecule has 0 unspecified atom stereocenters. The summed E-state index contributed by atoms with van der Waals surface area (Å²) in [5, 5.41) is 4.25. The maximum Gasteiger partial charge on any atom is 0.0934 e. The number of rotatable bonds is 4. The molecule has 2 aliphatic heterocycles. The Labute approximate surface area is 165 Å². The van der Waals surface area contributed by atoms with E-state index in [2.05, 4.69) is 47.6 Å². The Kier molecular flexibility index (Phi) is 5.21. The molecule has 0 bridgehead atoms. The van der Waals surface area contributed by atoms with Gasteiger partial charge in [-0.05, 0) is 53.3 Å². The fraction of sp³-hybridized carbons (Fsp3) is 0.273. The van der Waals surface area contributed by atoms with E-state index in [9.17, 15) is 0 Å². The largest absolute Gasteiger partial charge is 0.384 e. The van der Waals surface area contributed by atoms with Crippen LogP contribution in [0.4, 0.5) is 0 Å². The highest BCUT2D eigenvalue weighted by Crippen LogP contribution is 2.38. The number of halogens is 1. The molecule has 140 valence electrons. The third-order valence-corrected chi connectivity index (χ3v) is 5.52. The van der Waals surface area contributed by atoms with Crippen LogP contribution in [0.5, 0.6) is 0 Å². The summed E-state index contributed by atoms with van der Waals surface area (Å²) in [7, 11) is 2.13. The summed E-state index contributed by atoms with van der Waals surface area (Å²) in [4.78, 5) is 7.21. The van der Waals surface area contributed by atoms with E-state index in [1.807, 2.05) is 18.2 Å². The highest BCUT2D eigenvalue weighted by molar-refractivity contribution is 6.30. The van der Waals surface area contributed by atoms with Crippen LogP contribution in [-0.2, 0) is 4.84 Å². The van der Waals surface area contributed by atoms with E-state index < -0.39 is 0 Å². The van der Waals surface area contributed by atoms with E-state index in [0.717, 1.165) is 42.1 Å². The molecule has 4 rings (SSSR count). The topological polar surface area (TPSA) is 50.5 Å². The van der Waals surface area contributed by atoms with Crippen LogP contribution in [0.2, 0.25) is 5.02 Å². The van der Waals surface area contributed by atoms with E-state index in [1.54, 1.807) is 0 Å². The summed E-state index contributed by atoms with van der Waals surface area (Å²) < 4.78 is 0. The molecule has 3 N–H and O–H groups in total. The summed E-state index contributed by atoms with van der Waals surface area (Å²) >= 11 is 6.27. The van der Waals surface area contributed by atoms with Crippen LogP contribution in [0, 0.1) is 0 Å². The molecule has 1 aromatic carbocycles. The van der Waals surface area contributed by atoms with Crippen LogP contribution in [-0.4, -0.2) is 31.6 Å². The van der Waals surface area contributed by atoms with Gasteiger partial charge in [0.1, 0.15) is 0 Å². The van der Waals surface area contributed by atoms with Crippen LogP contribution >= 0.6 is 11.6 Å². The SMILES string of the molecule is CN1CC=CC(C2=CC3=C(CC2)NCC=C3CON)=C1c1cccc(Cl)c1. The average molecular weight is 382 g/mol. The first-order valence-corrected chi connectivity index (χ1v) is 9.62. The molecule has 4 nitrogen and oxygen atoms in total. The third kappa shape index (κ3) is 3.61. The van der Waals surface area contributed by atoms with Gasteiger partial charge < -0.3 is 10.2 Å².